The van der Waals surface area contributed by atoms with Gasteiger partial charge in [-0.05, 0) is 38.8 Å². The Morgan fingerprint density at radius 3 is 2.54 bits per heavy atom. The standard InChI is InChI=1S/C37H47N6O14PS/c1-37(2,3)56-29(47)15-22(14-21-8-6-5-7-9-21)35(48)52-20-59-58(50,57-31-25(17-44)55-34(32(31)51-4)42-13-11-27(46)41-36(42)49)53-18-26-24(45)16-28(54-26)43-19-40-30-23(38)10-12-39-33(30)43/h5-13,19,22,24-26,28,31-32,34,44-45H,14-18,20H2,1-4H3,(H2,38,39)(H,41,46,49)/t22?,24-,25-,26-,28-,31+,32?,34-,58?/m1/s1. The second-order valence-electron chi connectivity index (χ2n) is 14.8. The van der Waals surface area contributed by atoms with Gasteiger partial charge in [0.05, 0.1) is 43.7 Å². The van der Waals surface area contributed by atoms with Gasteiger partial charge in [0.1, 0.15) is 47.7 Å². The normalized spacial score (nSPS) is 24.8. The van der Waals surface area contributed by atoms with Crippen molar-refractivity contribution in [3.63, 3.8) is 0 Å². The molecule has 3 unspecified atom stereocenters. The summed E-state index contributed by atoms with van der Waals surface area (Å²) in [6.07, 6.45) is -3.91. The number of nitrogen functional groups attached to an aromatic ring is 1. The van der Waals surface area contributed by atoms with Crippen molar-refractivity contribution in [3.8, 4) is 0 Å². The smallest absolute Gasteiger partial charge is 0.392 e. The Morgan fingerprint density at radius 2 is 1.85 bits per heavy atom. The molecule has 0 amide bonds. The van der Waals surface area contributed by atoms with Crippen LogP contribution in [0.25, 0.3) is 11.2 Å². The number of hydrogen-bond acceptors (Lipinski definition) is 18. The maximum atomic E-state index is 14.8. The van der Waals surface area contributed by atoms with Gasteiger partial charge in [-0.15, -0.1) is 0 Å². The number of esters is 2. The molecule has 0 saturated carbocycles. The second-order valence-corrected chi connectivity index (χ2v) is 18.8. The lowest BCUT2D eigenvalue weighted by atomic mass is 9.96. The molecule has 20 nitrogen and oxygen atoms in total. The predicted molar refractivity (Wildman–Crippen MR) is 211 cm³/mol. The molecule has 320 valence electrons. The van der Waals surface area contributed by atoms with Crippen LogP contribution in [0.15, 0.2) is 70.8 Å². The van der Waals surface area contributed by atoms with Crippen LogP contribution in [-0.2, 0) is 53.3 Å². The van der Waals surface area contributed by atoms with E-state index in [0.717, 1.165) is 16.2 Å². The van der Waals surface area contributed by atoms with Crippen molar-refractivity contribution < 1.29 is 57.1 Å². The third-order valence-electron chi connectivity index (χ3n) is 9.42. The SMILES string of the molecule is COC1[C@@H](OP(=O)(OC[C@H]2O[C@@H](n3cnc4c(N)ccnc43)C[C@H]2O)SCOC(=O)C(CC(=O)OC(C)(C)C)Cc2ccccc2)[C@@H](CO)O[C@H]1n1ccc(=O)[nH]c1=O. The number of nitrogens with zero attached hydrogens (tertiary/aromatic N) is 4. The molecule has 0 spiro atoms. The fraction of sp³-hybridized carbons (Fsp3) is 0.514. The van der Waals surface area contributed by atoms with Gasteiger partial charge in [0, 0.05) is 43.4 Å². The molecule has 4 aromatic rings. The zero-order valence-corrected chi connectivity index (χ0v) is 34.4. The number of fused-ring (bicyclic) bond motifs is 1. The van der Waals surface area contributed by atoms with Gasteiger partial charge >= 0.3 is 24.4 Å². The van der Waals surface area contributed by atoms with Crippen molar-refractivity contribution in [2.75, 3.05) is 32.0 Å². The van der Waals surface area contributed by atoms with Crippen LogP contribution >= 0.6 is 18.2 Å². The van der Waals surface area contributed by atoms with Crippen molar-refractivity contribution in [3.05, 3.63) is 87.6 Å². The van der Waals surface area contributed by atoms with Crippen molar-refractivity contribution in [1.82, 2.24) is 24.1 Å². The van der Waals surface area contributed by atoms with Crippen LogP contribution < -0.4 is 17.0 Å². The molecule has 3 aromatic heterocycles. The molecule has 2 saturated heterocycles. The molecule has 5 N–H and O–H groups in total. The molecule has 2 fully saturated rings. The Labute approximate surface area is 341 Å². The first kappa shape index (κ1) is 44.1. The molecule has 9 atom stereocenters. The summed E-state index contributed by atoms with van der Waals surface area (Å²) in [5.41, 5.74) is 5.77. The highest BCUT2D eigenvalue weighted by Gasteiger charge is 2.51. The molecule has 2 aliphatic rings. The van der Waals surface area contributed by atoms with E-state index in [1.165, 1.54) is 25.8 Å². The van der Waals surface area contributed by atoms with Crippen LogP contribution in [0, 0.1) is 5.92 Å². The summed E-state index contributed by atoms with van der Waals surface area (Å²) < 4.78 is 58.1. The molecule has 22 heteroatoms. The number of imidazole rings is 1. The van der Waals surface area contributed by atoms with E-state index in [1.807, 2.05) is 6.07 Å². The molecule has 6 rings (SSSR count). The number of hydrogen-bond donors (Lipinski definition) is 4. The summed E-state index contributed by atoms with van der Waals surface area (Å²) in [5, 5.41) is 21.4. The van der Waals surface area contributed by atoms with Gasteiger partial charge in [-0.25, -0.2) is 19.3 Å². The summed E-state index contributed by atoms with van der Waals surface area (Å²) in [7, 11) is 1.28. The van der Waals surface area contributed by atoms with Crippen LogP contribution in [0.3, 0.4) is 0 Å². The van der Waals surface area contributed by atoms with E-state index >= 15 is 0 Å². The highest BCUT2D eigenvalue weighted by molar-refractivity contribution is 8.55. The summed E-state index contributed by atoms with van der Waals surface area (Å²) >= 11 is 0.472. The van der Waals surface area contributed by atoms with Gasteiger partial charge < -0.3 is 39.6 Å². The van der Waals surface area contributed by atoms with E-state index in [1.54, 1.807) is 55.7 Å². The maximum absolute atomic E-state index is 14.8. The van der Waals surface area contributed by atoms with E-state index < -0.39 is 104 Å². The van der Waals surface area contributed by atoms with Gasteiger partial charge in [0.25, 0.3) is 5.56 Å². The van der Waals surface area contributed by atoms with E-state index in [0.29, 0.717) is 28.2 Å². The number of nitrogens with two attached hydrogens (primary N) is 1. The van der Waals surface area contributed by atoms with Crippen LogP contribution in [0.4, 0.5) is 5.69 Å². The van der Waals surface area contributed by atoms with Crippen LogP contribution in [0.2, 0.25) is 0 Å². The zero-order valence-electron chi connectivity index (χ0n) is 32.7. The van der Waals surface area contributed by atoms with Crippen molar-refractivity contribution in [1.29, 1.82) is 0 Å². The van der Waals surface area contributed by atoms with E-state index in [9.17, 15) is 34.0 Å². The lowest BCUT2D eigenvalue weighted by molar-refractivity contribution is -0.160. The van der Waals surface area contributed by atoms with Gasteiger partial charge in [-0.3, -0.25) is 37.5 Å². The molecule has 5 heterocycles. The molecule has 0 radical (unpaired) electrons. The van der Waals surface area contributed by atoms with Crippen molar-refractivity contribution in [2.24, 2.45) is 5.92 Å². The van der Waals surface area contributed by atoms with Gasteiger partial charge in [0.2, 0.25) is 0 Å². The largest absolute Gasteiger partial charge is 0.460 e. The highest BCUT2D eigenvalue weighted by Crippen LogP contribution is 2.63. The number of ether oxygens (including phenoxy) is 5. The topological polar surface area (TPSA) is 268 Å². The molecule has 0 bridgehead atoms. The van der Waals surface area contributed by atoms with Crippen LogP contribution in [0.1, 0.15) is 51.6 Å². The first-order valence-electron chi connectivity index (χ1n) is 18.6. The van der Waals surface area contributed by atoms with E-state index in [-0.39, 0.29) is 19.3 Å². The summed E-state index contributed by atoms with van der Waals surface area (Å²) in [4.78, 5) is 61.7. The average molecular weight is 863 g/mol. The number of H-pyrrole nitrogens is 1. The molecular formula is C37H47N6O14PS. The second kappa shape index (κ2) is 18.9. The molecule has 59 heavy (non-hydrogen) atoms. The third kappa shape index (κ3) is 10.8. The first-order chi connectivity index (χ1) is 28.1. The molecule has 0 aliphatic carbocycles. The lowest BCUT2D eigenvalue weighted by Crippen LogP contribution is -2.39. The number of carbonyl (C=O) groups excluding carboxylic acids is 2. The Hall–Kier alpha value is -4.44. The number of anilines is 1. The van der Waals surface area contributed by atoms with Crippen LogP contribution in [0.5, 0.6) is 0 Å². The number of benzene rings is 1. The monoisotopic (exact) mass is 862 g/mol. The summed E-state index contributed by atoms with van der Waals surface area (Å²) in [5.74, 6) is -2.98. The summed E-state index contributed by atoms with van der Waals surface area (Å²) in [6, 6.07) is 11.7. The molecule has 2 aliphatic heterocycles. The minimum absolute atomic E-state index is 0.0801. The average Bonchev–Trinajstić information content (AvgIpc) is 3.88. The fourth-order valence-corrected chi connectivity index (χ4v) is 9.49. The van der Waals surface area contributed by atoms with Crippen LogP contribution in [-0.4, -0.2) is 109 Å². The number of pyridine rings is 1. The Morgan fingerprint density at radius 1 is 1.08 bits per heavy atom. The highest BCUT2D eigenvalue weighted by atomic mass is 32.7. The Kier molecular flexibility index (Phi) is 14.1. The van der Waals surface area contributed by atoms with E-state index in [4.69, 9.17) is 38.5 Å². The molecular weight excluding hydrogens is 815 g/mol. The number of aromatic nitrogens is 5. The first-order valence-corrected chi connectivity index (χ1v) is 21.7. The number of carbonyl (C=O) groups is 2. The van der Waals surface area contributed by atoms with Gasteiger partial charge in [-0.2, -0.15) is 0 Å². The predicted octanol–water partition coefficient (Wildman–Crippen LogP) is 2.45. The molecule has 1 aromatic carbocycles. The van der Waals surface area contributed by atoms with Gasteiger partial charge in [0.15, 0.2) is 11.9 Å². The third-order valence-corrected chi connectivity index (χ3v) is 12.8. The minimum atomic E-state index is -4.53. The number of methoxy groups -OCH3 is 1. The number of rotatable bonds is 17. The number of aliphatic hydroxyl groups is 2. The Balaban J connectivity index is 1.21. The maximum Gasteiger partial charge on any atom is 0.392 e. The zero-order chi connectivity index (χ0) is 42.5. The summed E-state index contributed by atoms with van der Waals surface area (Å²) in [6.45, 7) is -0.588. The minimum Gasteiger partial charge on any atom is -0.460 e. The van der Waals surface area contributed by atoms with Crippen molar-refractivity contribution >= 4 is 47.0 Å². The van der Waals surface area contributed by atoms with Crippen molar-refractivity contribution in [2.45, 2.75) is 88.6 Å². The van der Waals surface area contributed by atoms with Gasteiger partial charge in [-0.1, -0.05) is 30.3 Å². The fourth-order valence-electron chi connectivity index (χ4n) is 6.69. The van der Waals surface area contributed by atoms with E-state index in [2.05, 4.69) is 15.0 Å². The number of aliphatic hydroxyl groups excluding tert-OH is 2. The Bertz CT molecular complexity index is 2250. The number of nitrogens with one attached hydrogen (secondary N) is 1. The quantitative estimate of drug-likeness (QED) is 0.0674. The number of aromatic amines is 1. The lowest BCUT2D eigenvalue weighted by Gasteiger charge is -2.28.